The zero-order valence-corrected chi connectivity index (χ0v) is 22.0. The molecule has 0 aliphatic carbocycles. The lowest BCUT2D eigenvalue weighted by molar-refractivity contribution is 0.0506. The lowest BCUT2D eigenvalue weighted by atomic mass is 9.80. The summed E-state index contributed by atoms with van der Waals surface area (Å²) in [6.45, 7) is 20.1. The first-order valence-electron chi connectivity index (χ1n) is 10.9. The van der Waals surface area contributed by atoms with Crippen LogP contribution in [0.2, 0.25) is 0 Å². The maximum absolute atomic E-state index is 6.19. The maximum Gasteiger partial charge on any atom is 0.188 e. The Morgan fingerprint density at radius 1 is 0.871 bits per heavy atom. The molecule has 0 fully saturated rings. The fourth-order valence-corrected chi connectivity index (χ4v) is 4.43. The zero-order chi connectivity index (χ0) is 23.4. The summed E-state index contributed by atoms with van der Waals surface area (Å²) in [6, 6.07) is 13.1. The molecule has 2 aromatic rings. The normalized spacial score (nSPS) is 13.5. The predicted molar refractivity (Wildman–Crippen MR) is 138 cm³/mol. The molecule has 0 spiro atoms. The molecule has 0 aromatic heterocycles. The second-order valence-electron chi connectivity index (χ2n) is 11.1. The van der Waals surface area contributed by atoms with Crippen LogP contribution in [0.25, 0.3) is 0 Å². The van der Waals surface area contributed by atoms with Crippen LogP contribution >= 0.6 is 8.58 Å². The van der Waals surface area contributed by atoms with Gasteiger partial charge in [-0.15, -0.1) is 0 Å². The monoisotopic (exact) mass is 441 g/mol. The van der Waals surface area contributed by atoms with E-state index in [4.69, 9.17) is 14.5 Å². The third-order valence-electron chi connectivity index (χ3n) is 4.91. The largest absolute Gasteiger partial charge is 0.467 e. The van der Waals surface area contributed by atoms with E-state index in [1.54, 1.807) is 7.11 Å². The van der Waals surface area contributed by atoms with Gasteiger partial charge < -0.3 is 9.47 Å². The van der Waals surface area contributed by atoms with Crippen molar-refractivity contribution in [1.29, 1.82) is 0 Å². The number of nitrogens with zero attached hydrogens (tertiary/aromatic N) is 1. The van der Waals surface area contributed by atoms with Crippen molar-refractivity contribution < 1.29 is 9.47 Å². The highest BCUT2D eigenvalue weighted by Crippen LogP contribution is 2.37. The molecule has 0 N–H and O–H groups in total. The smallest absolute Gasteiger partial charge is 0.188 e. The van der Waals surface area contributed by atoms with Crippen molar-refractivity contribution in [3.8, 4) is 5.75 Å². The van der Waals surface area contributed by atoms with Crippen LogP contribution in [0.15, 0.2) is 41.4 Å². The maximum atomic E-state index is 6.19. The summed E-state index contributed by atoms with van der Waals surface area (Å²) in [5.41, 5.74) is 3.61. The molecule has 0 heterocycles. The number of rotatable bonds is 6. The van der Waals surface area contributed by atoms with Crippen molar-refractivity contribution in [3.63, 3.8) is 0 Å². The highest BCUT2D eigenvalue weighted by atomic mass is 31.1. The van der Waals surface area contributed by atoms with E-state index in [1.807, 2.05) is 6.21 Å². The molecular formula is C27H40NO2P. The molecule has 1 atom stereocenters. The summed E-state index contributed by atoms with van der Waals surface area (Å²) in [5, 5.41) is 2.48. The topological polar surface area (TPSA) is 30.8 Å². The Morgan fingerprint density at radius 3 is 2.06 bits per heavy atom. The van der Waals surface area contributed by atoms with Crippen molar-refractivity contribution >= 4 is 25.4 Å². The lowest BCUT2D eigenvalue weighted by Crippen LogP contribution is -2.24. The SMILES string of the molecule is COCOc1c(Pc2ccccc2C=NC(C)(C)C)cc(C(C)(C)C)cc1C(C)(C)C. The average molecular weight is 442 g/mol. The van der Waals surface area contributed by atoms with Gasteiger partial charge in [0.1, 0.15) is 5.75 Å². The summed E-state index contributed by atoms with van der Waals surface area (Å²) in [4.78, 5) is 4.74. The van der Waals surface area contributed by atoms with Gasteiger partial charge in [-0.25, -0.2) is 0 Å². The third kappa shape index (κ3) is 7.44. The van der Waals surface area contributed by atoms with Gasteiger partial charge in [-0.3, -0.25) is 4.99 Å². The number of ether oxygens (including phenoxy) is 2. The molecule has 2 rings (SSSR count). The Morgan fingerprint density at radius 2 is 1.52 bits per heavy atom. The second kappa shape index (κ2) is 9.84. The van der Waals surface area contributed by atoms with E-state index in [0.717, 1.165) is 11.3 Å². The average Bonchev–Trinajstić information content (AvgIpc) is 2.63. The van der Waals surface area contributed by atoms with Crippen LogP contribution in [0.1, 0.15) is 79.0 Å². The Kier molecular flexibility index (Phi) is 8.11. The van der Waals surface area contributed by atoms with E-state index >= 15 is 0 Å². The van der Waals surface area contributed by atoms with Gasteiger partial charge in [-0.05, 0) is 48.5 Å². The first kappa shape index (κ1) is 25.6. The van der Waals surface area contributed by atoms with Gasteiger partial charge in [0.15, 0.2) is 6.79 Å². The molecule has 4 heteroatoms. The van der Waals surface area contributed by atoms with E-state index < -0.39 is 0 Å². The van der Waals surface area contributed by atoms with Crippen molar-refractivity contribution in [1.82, 2.24) is 0 Å². The van der Waals surface area contributed by atoms with Gasteiger partial charge in [0, 0.05) is 29.8 Å². The molecule has 0 saturated heterocycles. The van der Waals surface area contributed by atoms with E-state index in [0.29, 0.717) is 8.58 Å². The molecule has 170 valence electrons. The van der Waals surface area contributed by atoms with Crippen molar-refractivity contribution in [3.05, 3.63) is 53.1 Å². The van der Waals surface area contributed by atoms with Gasteiger partial charge in [-0.2, -0.15) is 0 Å². The van der Waals surface area contributed by atoms with Gasteiger partial charge in [0.2, 0.25) is 0 Å². The van der Waals surface area contributed by atoms with Crippen LogP contribution in [-0.2, 0) is 15.6 Å². The summed E-state index contributed by atoms with van der Waals surface area (Å²) in [6.07, 6.45) is 2.01. The van der Waals surface area contributed by atoms with E-state index in [2.05, 4.69) is 98.7 Å². The summed E-state index contributed by atoms with van der Waals surface area (Å²) in [7, 11) is 2.13. The van der Waals surface area contributed by atoms with Crippen molar-refractivity contribution in [2.45, 2.75) is 78.7 Å². The summed E-state index contributed by atoms with van der Waals surface area (Å²) >= 11 is 0. The number of aliphatic imine (C=N–C) groups is 1. The molecule has 0 saturated carbocycles. The van der Waals surface area contributed by atoms with Crippen molar-refractivity contribution in [2.75, 3.05) is 13.9 Å². The number of benzene rings is 2. The van der Waals surface area contributed by atoms with Crippen LogP contribution in [0.4, 0.5) is 0 Å². The summed E-state index contributed by atoms with van der Waals surface area (Å²) < 4.78 is 11.5. The standard InChI is InChI=1S/C27H40NO2P/c1-25(2,3)20-15-21(26(4,5)6)24(30-18-29-10)23(16-20)31-22-14-12-11-13-19(22)17-28-27(7,8)9/h11-17,31H,18H2,1-10H3. The van der Waals surface area contributed by atoms with E-state index in [-0.39, 0.29) is 23.2 Å². The molecule has 0 aliphatic heterocycles. The van der Waals surface area contributed by atoms with Crippen LogP contribution in [0.5, 0.6) is 5.75 Å². The van der Waals surface area contributed by atoms with Gasteiger partial charge in [-0.1, -0.05) is 80.5 Å². The molecule has 0 amide bonds. The van der Waals surface area contributed by atoms with E-state index in [9.17, 15) is 0 Å². The minimum Gasteiger partial charge on any atom is -0.467 e. The van der Waals surface area contributed by atoms with Gasteiger partial charge in [0.05, 0.1) is 5.54 Å². The molecule has 0 radical (unpaired) electrons. The number of hydrogen-bond donors (Lipinski definition) is 0. The Balaban J connectivity index is 2.66. The molecule has 2 aromatic carbocycles. The first-order valence-corrected chi connectivity index (χ1v) is 11.9. The zero-order valence-electron chi connectivity index (χ0n) is 21.0. The first-order chi connectivity index (χ1) is 14.2. The predicted octanol–water partition coefficient (Wildman–Crippen LogP) is 6.11. The second-order valence-corrected chi connectivity index (χ2v) is 12.4. The quantitative estimate of drug-likeness (QED) is 0.308. The minimum atomic E-state index is -0.103. The number of hydrogen-bond acceptors (Lipinski definition) is 3. The fraction of sp³-hybridized carbons (Fsp3) is 0.519. The molecule has 0 aliphatic rings. The number of methoxy groups -OCH3 is 1. The summed E-state index contributed by atoms with van der Waals surface area (Å²) in [5.74, 6) is 0.947. The Bertz CT molecular complexity index is 912. The van der Waals surface area contributed by atoms with Crippen molar-refractivity contribution in [2.24, 2.45) is 4.99 Å². The van der Waals surface area contributed by atoms with Gasteiger partial charge >= 0.3 is 0 Å². The Labute approximate surface area is 191 Å². The fourth-order valence-electron chi connectivity index (χ4n) is 3.12. The molecule has 0 bridgehead atoms. The van der Waals surface area contributed by atoms with Crippen LogP contribution in [0.3, 0.4) is 0 Å². The lowest BCUT2D eigenvalue weighted by Gasteiger charge is -2.29. The third-order valence-corrected chi connectivity index (χ3v) is 6.27. The molecule has 3 nitrogen and oxygen atoms in total. The highest BCUT2D eigenvalue weighted by molar-refractivity contribution is 7.56. The Hall–Kier alpha value is -1.70. The van der Waals surface area contributed by atoms with E-state index in [1.165, 1.54) is 21.7 Å². The molecular weight excluding hydrogens is 401 g/mol. The van der Waals surface area contributed by atoms with Crippen LogP contribution in [0, 0.1) is 0 Å². The van der Waals surface area contributed by atoms with Crippen LogP contribution in [-0.4, -0.2) is 25.7 Å². The minimum absolute atomic E-state index is 0.0449. The van der Waals surface area contributed by atoms with Crippen LogP contribution < -0.4 is 15.3 Å². The molecule has 1 unspecified atom stereocenters. The molecule has 31 heavy (non-hydrogen) atoms. The van der Waals surface area contributed by atoms with Gasteiger partial charge in [0.25, 0.3) is 0 Å². The highest BCUT2D eigenvalue weighted by Gasteiger charge is 2.26.